The summed E-state index contributed by atoms with van der Waals surface area (Å²) in [4.78, 5) is 24.0. The molecule has 0 unspecified atom stereocenters. The molecule has 164 valence electrons. The van der Waals surface area contributed by atoms with Gasteiger partial charge in [0.15, 0.2) is 5.43 Å². The van der Waals surface area contributed by atoms with Crippen molar-refractivity contribution < 1.29 is 4.42 Å². The van der Waals surface area contributed by atoms with E-state index >= 15 is 0 Å². The second kappa shape index (κ2) is 9.76. The van der Waals surface area contributed by atoms with Gasteiger partial charge in [0.1, 0.15) is 5.58 Å². The summed E-state index contributed by atoms with van der Waals surface area (Å²) >= 11 is 0. The zero-order valence-corrected chi connectivity index (χ0v) is 18.4. The van der Waals surface area contributed by atoms with E-state index in [9.17, 15) is 4.79 Å². The van der Waals surface area contributed by atoms with E-state index in [1.807, 2.05) is 60.8 Å². The molecule has 0 fully saturated rings. The van der Waals surface area contributed by atoms with Crippen molar-refractivity contribution in [2.45, 2.75) is 25.9 Å². The third-order valence-electron chi connectivity index (χ3n) is 5.95. The summed E-state index contributed by atoms with van der Waals surface area (Å²) in [5, 5.41) is 2.66. The number of nitrogens with zero attached hydrogens (tertiary/aromatic N) is 3. The van der Waals surface area contributed by atoms with Crippen molar-refractivity contribution in [2.75, 3.05) is 6.54 Å². The highest BCUT2D eigenvalue weighted by molar-refractivity contribution is 6.03. The monoisotopic (exact) mass is 435 g/mol. The van der Waals surface area contributed by atoms with Crippen LogP contribution in [0.2, 0.25) is 0 Å². The summed E-state index contributed by atoms with van der Waals surface area (Å²) in [5.41, 5.74) is 3.75. The molecule has 5 heteroatoms. The fourth-order valence-corrected chi connectivity index (χ4v) is 4.27. The minimum absolute atomic E-state index is 0.0361. The van der Waals surface area contributed by atoms with Crippen LogP contribution in [0, 0.1) is 0 Å². The van der Waals surface area contributed by atoms with Crippen molar-refractivity contribution >= 4 is 21.7 Å². The fourth-order valence-electron chi connectivity index (χ4n) is 4.27. The molecule has 0 aliphatic heterocycles. The highest BCUT2D eigenvalue weighted by Crippen LogP contribution is 2.24. The highest BCUT2D eigenvalue weighted by Gasteiger charge is 2.14. The number of hydrogen-bond acceptors (Lipinski definition) is 5. The van der Waals surface area contributed by atoms with Gasteiger partial charge in [-0.3, -0.25) is 19.7 Å². The van der Waals surface area contributed by atoms with Crippen molar-refractivity contribution in [1.82, 2.24) is 14.9 Å². The van der Waals surface area contributed by atoms with Gasteiger partial charge in [0, 0.05) is 48.8 Å². The average Bonchev–Trinajstić information content (AvgIpc) is 2.86. The third kappa shape index (κ3) is 4.83. The van der Waals surface area contributed by atoms with Crippen molar-refractivity contribution in [3.8, 4) is 0 Å². The maximum Gasteiger partial charge on any atom is 0.197 e. The molecule has 0 N–H and O–H groups in total. The van der Waals surface area contributed by atoms with Crippen LogP contribution in [0.1, 0.15) is 23.1 Å². The Balaban J connectivity index is 1.40. The van der Waals surface area contributed by atoms with Gasteiger partial charge in [-0.25, -0.2) is 0 Å². The molecule has 0 aliphatic rings. The first-order chi connectivity index (χ1) is 16.3. The van der Waals surface area contributed by atoms with Crippen molar-refractivity contribution in [3.05, 3.63) is 119 Å². The zero-order chi connectivity index (χ0) is 22.5. The van der Waals surface area contributed by atoms with Crippen molar-refractivity contribution in [1.29, 1.82) is 0 Å². The molecule has 3 aromatic heterocycles. The molecule has 5 aromatic rings. The summed E-state index contributed by atoms with van der Waals surface area (Å²) in [6.07, 6.45) is 10.9. The molecule has 5 rings (SSSR count). The van der Waals surface area contributed by atoms with E-state index < -0.39 is 0 Å². The van der Waals surface area contributed by atoms with Crippen LogP contribution in [0.3, 0.4) is 0 Å². The quantitative estimate of drug-likeness (QED) is 0.307. The molecule has 0 radical (unpaired) electrons. The lowest BCUT2D eigenvalue weighted by Gasteiger charge is -2.22. The van der Waals surface area contributed by atoms with Crippen molar-refractivity contribution in [2.24, 2.45) is 0 Å². The molecular formula is C28H25N3O2. The number of benzene rings is 2. The topological polar surface area (TPSA) is 59.2 Å². The van der Waals surface area contributed by atoms with Gasteiger partial charge in [0.05, 0.1) is 11.6 Å². The Morgan fingerprint density at radius 2 is 1.67 bits per heavy atom. The number of rotatable bonds is 8. The molecule has 5 nitrogen and oxygen atoms in total. The Kier molecular flexibility index (Phi) is 6.22. The smallest absolute Gasteiger partial charge is 0.197 e. The summed E-state index contributed by atoms with van der Waals surface area (Å²) in [7, 11) is 0. The predicted octanol–water partition coefficient (Wildman–Crippen LogP) is 5.37. The lowest BCUT2D eigenvalue weighted by atomic mass is 10.1. The molecule has 0 atom stereocenters. The molecular weight excluding hydrogens is 410 g/mol. The largest absolute Gasteiger partial charge is 0.463 e. The van der Waals surface area contributed by atoms with Crippen LogP contribution in [-0.2, 0) is 19.5 Å². The van der Waals surface area contributed by atoms with E-state index in [0.717, 1.165) is 36.7 Å². The first kappa shape index (κ1) is 21.0. The van der Waals surface area contributed by atoms with Crippen molar-refractivity contribution in [3.63, 3.8) is 0 Å². The first-order valence-electron chi connectivity index (χ1n) is 11.2. The van der Waals surface area contributed by atoms with E-state index in [0.29, 0.717) is 23.1 Å². The Labute approximate surface area is 192 Å². The molecule has 0 spiro atoms. The number of pyridine rings is 2. The van der Waals surface area contributed by atoms with Crippen LogP contribution in [0.25, 0.3) is 21.7 Å². The van der Waals surface area contributed by atoms with Crippen LogP contribution in [0.5, 0.6) is 0 Å². The molecule has 33 heavy (non-hydrogen) atoms. The average molecular weight is 436 g/mol. The predicted molar refractivity (Wildman–Crippen MR) is 131 cm³/mol. The minimum Gasteiger partial charge on any atom is -0.463 e. The number of hydrogen-bond donors (Lipinski definition) is 0. The van der Waals surface area contributed by atoms with E-state index in [4.69, 9.17) is 4.42 Å². The molecule has 0 bridgehead atoms. The lowest BCUT2D eigenvalue weighted by molar-refractivity contribution is 0.251. The fraction of sp³-hybridized carbons (Fsp3) is 0.179. The van der Waals surface area contributed by atoms with Crippen LogP contribution < -0.4 is 5.43 Å². The Morgan fingerprint density at radius 3 is 2.52 bits per heavy atom. The van der Waals surface area contributed by atoms with Gasteiger partial charge in [0.25, 0.3) is 0 Å². The number of aromatic nitrogens is 2. The molecule has 0 saturated carbocycles. The SMILES string of the molecule is O=c1c(CN(CCCc2cccnc2)Cc2ccncc2)coc2c1ccc1ccccc12. The van der Waals surface area contributed by atoms with Gasteiger partial charge < -0.3 is 4.42 Å². The van der Waals surface area contributed by atoms with E-state index in [-0.39, 0.29) is 5.43 Å². The van der Waals surface area contributed by atoms with Gasteiger partial charge in [-0.15, -0.1) is 0 Å². The second-order valence-electron chi connectivity index (χ2n) is 8.28. The summed E-state index contributed by atoms with van der Waals surface area (Å²) < 4.78 is 6.02. The third-order valence-corrected chi connectivity index (χ3v) is 5.95. The molecule has 0 aliphatic carbocycles. The Morgan fingerprint density at radius 1 is 0.788 bits per heavy atom. The molecule has 0 amide bonds. The lowest BCUT2D eigenvalue weighted by Crippen LogP contribution is -2.27. The van der Waals surface area contributed by atoms with Crippen LogP contribution >= 0.6 is 0 Å². The normalized spacial score (nSPS) is 11.4. The summed E-state index contributed by atoms with van der Waals surface area (Å²) in [6, 6.07) is 19.9. The molecule has 3 heterocycles. The van der Waals surface area contributed by atoms with Gasteiger partial charge >= 0.3 is 0 Å². The van der Waals surface area contributed by atoms with Gasteiger partial charge in [0.2, 0.25) is 0 Å². The summed E-state index contributed by atoms with van der Waals surface area (Å²) in [5.74, 6) is 0. The zero-order valence-electron chi connectivity index (χ0n) is 18.4. The Bertz CT molecular complexity index is 1420. The highest BCUT2D eigenvalue weighted by atomic mass is 16.3. The van der Waals surface area contributed by atoms with Gasteiger partial charge in [-0.1, -0.05) is 36.4 Å². The van der Waals surface area contributed by atoms with E-state index in [1.165, 1.54) is 11.1 Å². The van der Waals surface area contributed by atoms with E-state index in [2.05, 4.69) is 20.9 Å². The van der Waals surface area contributed by atoms with Crippen LogP contribution in [0.4, 0.5) is 0 Å². The number of fused-ring (bicyclic) bond motifs is 3. The maximum absolute atomic E-state index is 13.4. The Hall–Kier alpha value is -3.83. The molecule has 2 aromatic carbocycles. The number of aryl methyl sites for hydroxylation is 1. The second-order valence-corrected chi connectivity index (χ2v) is 8.28. The first-order valence-corrected chi connectivity index (χ1v) is 11.2. The van der Waals surface area contributed by atoms with Gasteiger partial charge in [-0.2, -0.15) is 0 Å². The van der Waals surface area contributed by atoms with Crippen LogP contribution in [-0.4, -0.2) is 21.4 Å². The molecule has 0 saturated heterocycles. The van der Waals surface area contributed by atoms with E-state index in [1.54, 1.807) is 24.9 Å². The van der Waals surface area contributed by atoms with Gasteiger partial charge in [-0.05, 0) is 60.2 Å². The standard InChI is InChI=1S/C28H25N3O2/c32-27-24(20-33-28-25-8-2-1-7-23(25)9-10-26(27)28)19-31(18-22-11-14-29-15-12-22)16-4-6-21-5-3-13-30-17-21/h1-3,5,7-15,17,20H,4,6,16,18-19H2. The maximum atomic E-state index is 13.4. The summed E-state index contributed by atoms with van der Waals surface area (Å²) in [6.45, 7) is 2.12. The minimum atomic E-state index is 0.0361. The van der Waals surface area contributed by atoms with Crippen LogP contribution in [0.15, 0.2) is 101 Å².